The average Bonchev–Trinajstić information content (AvgIpc) is 2.56. The van der Waals surface area contributed by atoms with Gasteiger partial charge in [-0.15, -0.1) is 0 Å². The van der Waals surface area contributed by atoms with Crippen LogP contribution in [0.5, 0.6) is 0 Å². The van der Waals surface area contributed by atoms with E-state index >= 15 is 0 Å². The van der Waals surface area contributed by atoms with Crippen LogP contribution in [0, 0.1) is 6.92 Å². The summed E-state index contributed by atoms with van der Waals surface area (Å²) in [5.74, 6) is 1.45. The number of aromatic nitrogens is 2. The molecule has 1 fully saturated rings. The third kappa shape index (κ3) is 4.10. The van der Waals surface area contributed by atoms with E-state index in [0.29, 0.717) is 5.95 Å². The molecule has 0 bridgehead atoms. The van der Waals surface area contributed by atoms with E-state index in [4.69, 9.17) is 4.74 Å². The number of anilines is 4. The third-order valence-corrected chi connectivity index (χ3v) is 3.71. The summed E-state index contributed by atoms with van der Waals surface area (Å²) in [5.41, 5.74) is 3.18. The topological polar surface area (TPSA) is 62.3 Å². The lowest BCUT2D eigenvalue weighted by Crippen LogP contribution is -2.36. The van der Waals surface area contributed by atoms with Crippen molar-refractivity contribution in [2.24, 2.45) is 0 Å². The predicted molar refractivity (Wildman–Crippen MR) is 93.7 cm³/mol. The van der Waals surface area contributed by atoms with Gasteiger partial charge in [-0.2, -0.15) is 4.98 Å². The molecule has 0 saturated carbocycles. The van der Waals surface area contributed by atoms with Gasteiger partial charge in [0.25, 0.3) is 0 Å². The minimum Gasteiger partial charge on any atom is -0.378 e. The molecule has 0 aliphatic carbocycles. The molecule has 0 unspecified atom stereocenters. The Morgan fingerprint density at radius 2 is 1.87 bits per heavy atom. The Balaban J connectivity index is 1.70. The molecule has 122 valence electrons. The molecule has 3 rings (SSSR count). The standard InChI is InChI=1S/C17H23N5O/c1-3-18-17-19-13(2)12-16(21-17)20-14-4-6-15(7-5-14)22-8-10-23-11-9-22/h4-7,12H,3,8-11H2,1-2H3,(H2,18,19,20,21). The number of nitrogens with zero attached hydrogens (tertiary/aromatic N) is 3. The molecule has 1 aliphatic rings. The maximum absolute atomic E-state index is 5.39. The molecule has 0 amide bonds. The van der Waals surface area contributed by atoms with Gasteiger partial charge in [0, 0.05) is 42.8 Å². The second-order valence-electron chi connectivity index (χ2n) is 5.52. The summed E-state index contributed by atoms with van der Waals surface area (Å²) in [5, 5.41) is 6.49. The molecule has 6 nitrogen and oxygen atoms in total. The Labute approximate surface area is 136 Å². The van der Waals surface area contributed by atoms with Crippen molar-refractivity contribution in [2.45, 2.75) is 13.8 Å². The summed E-state index contributed by atoms with van der Waals surface area (Å²) in [6.45, 7) is 8.30. The van der Waals surface area contributed by atoms with Gasteiger partial charge < -0.3 is 20.3 Å². The van der Waals surface area contributed by atoms with E-state index in [1.54, 1.807) is 0 Å². The fourth-order valence-corrected chi connectivity index (χ4v) is 2.59. The Morgan fingerprint density at radius 3 is 2.57 bits per heavy atom. The van der Waals surface area contributed by atoms with Gasteiger partial charge in [-0.05, 0) is 38.1 Å². The van der Waals surface area contributed by atoms with E-state index in [-0.39, 0.29) is 0 Å². The normalized spacial score (nSPS) is 14.6. The van der Waals surface area contributed by atoms with Crippen LogP contribution in [0.3, 0.4) is 0 Å². The first-order valence-electron chi connectivity index (χ1n) is 8.04. The molecule has 1 saturated heterocycles. The van der Waals surface area contributed by atoms with Crippen LogP contribution in [0.25, 0.3) is 0 Å². The van der Waals surface area contributed by atoms with Crippen LogP contribution in [-0.2, 0) is 4.74 Å². The Bertz CT molecular complexity index is 638. The van der Waals surface area contributed by atoms with E-state index in [9.17, 15) is 0 Å². The van der Waals surface area contributed by atoms with Crippen molar-refractivity contribution in [3.8, 4) is 0 Å². The molecule has 1 aliphatic heterocycles. The SMILES string of the molecule is CCNc1nc(C)cc(Nc2ccc(N3CCOCC3)cc2)n1. The number of benzene rings is 1. The minimum absolute atomic E-state index is 0.653. The highest BCUT2D eigenvalue weighted by Crippen LogP contribution is 2.22. The van der Waals surface area contributed by atoms with Crippen molar-refractivity contribution < 1.29 is 4.74 Å². The molecule has 6 heteroatoms. The fraction of sp³-hybridized carbons (Fsp3) is 0.412. The highest BCUT2D eigenvalue weighted by Gasteiger charge is 2.11. The van der Waals surface area contributed by atoms with Crippen molar-refractivity contribution in [2.75, 3.05) is 48.4 Å². The highest BCUT2D eigenvalue weighted by molar-refractivity contribution is 5.61. The van der Waals surface area contributed by atoms with Crippen molar-refractivity contribution in [3.63, 3.8) is 0 Å². The number of hydrogen-bond donors (Lipinski definition) is 2. The van der Waals surface area contributed by atoms with E-state index < -0.39 is 0 Å². The summed E-state index contributed by atoms with van der Waals surface area (Å²) < 4.78 is 5.39. The van der Waals surface area contributed by atoms with Crippen LogP contribution in [-0.4, -0.2) is 42.8 Å². The van der Waals surface area contributed by atoms with Crippen molar-refractivity contribution in [3.05, 3.63) is 36.0 Å². The first-order valence-corrected chi connectivity index (χ1v) is 8.04. The van der Waals surface area contributed by atoms with Crippen molar-refractivity contribution in [1.82, 2.24) is 9.97 Å². The zero-order chi connectivity index (χ0) is 16.1. The second kappa shape index (κ2) is 7.28. The van der Waals surface area contributed by atoms with Gasteiger partial charge in [0.15, 0.2) is 0 Å². The summed E-state index contributed by atoms with van der Waals surface area (Å²) in [6.07, 6.45) is 0. The van der Waals surface area contributed by atoms with Gasteiger partial charge in [-0.25, -0.2) is 4.98 Å². The van der Waals surface area contributed by atoms with Crippen LogP contribution in [0.1, 0.15) is 12.6 Å². The molecule has 2 N–H and O–H groups in total. The highest BCUT2D eigenvalue weighted by atomic mass is 16.5. The van der Waals surface area contributed by atoms with Crippen molar-refractivity contribution in [1.29, 1.82) is 0 Å². The first-order chi connectivity index (χ1) is 11.2. The molecular formula is C17H23N5O. The first kappa shape index (κ1) is 15.6. The monoisotopic (exact) mass is 313 g/mol. The van der Waals surface area contributed by atoms with E-state index in [2.05, 4.69) is 49.8 Å². The minimum atomic E-state index is 0.653. The van der Waals surface area contributed by atoms with Gasteiger partial charge in [-0.1, -0.05) is 0 Å². The van der Waals surface area contributed by atoms with Gasteiger partial charge in [-0.3, -0.25) is 0 Å². The molecule has 1 aromatic heterocycles. The number of ether oxygens (including phenoxy) is 1. The van der Waals surface area contributed by atoms with E-state index in [0.717, 1.165) is 50.0 Å². The number of nitrogens with one attached hydrogen (secondary N) is 2. The summed E-state index contributed by atoms with van der Waals surface area (Å²) >= 11 is 0. The molecule has 0 atom stereocenters. The maximum atomic E-state index is 5.39. The summed E-state index contributed by atoms with van der Waals surface area (Å²) in [4.78, 5) is 11.2. The lowest BCUT2D eigenvalue weighted by atomic mass is 10.2. The number of aryl methyl sites for hydroxylation is 1. The smallest absolute Gasteiger partial charge is 0.224 e. The van der Waals surface area contributed by atoms with Gasteiger partial charge >= 0.3 is 0 Å². The van der Waals surface area contributed by atoms with Crippen LogP contribution in [0.4, 0.5) is 23.1 Å². The van der Waals surface area contributed by atoms with Gasteiger partial charge in [0.2, 0.25) is 5.95 Å². The lowest BCUT2D eigenvalue weighted by Gasteiger charge is -2.28. The Hall–Kier alpha value is -2.34. The van der Waals surface area contributed by atoms with Crippen LogP contribution >= 0.6 is 0 Å². The quantitative estimate of drug-likeness (QED) is 0.885. The molecule has 0 radical (unpaired) electrons. The molecule has 23 heavy (non-hydrogen) atoms. The molecular weight excluding hydrogens is 290 g/mol. The van der Waals surface area contributed by atoms with Crippen LogP contribution < -0.4 is 15.5 Å². The van der Waals surface area contributed by atoms with E-state index in [1.807, 2.05) is 19.9 Å². The Morgan fingerprint density at radius 1 is 1.13 bits per heavy atom. The van der Waals surface area contributed by atoms with Crippen LogP contribution in [0.2, 0.25) is 0 Å². The Kier molecular flexibility index (Phi) is 4.92. The number of rotatable bonds is 5. The number of hydrogen-bond acceptors (Lipinski definition) is 6. The summed E-state index contributed by atoms with van der Waals surface area (Å²) in [7, 11) is 0. The molecule has 0 spiro atoms. The van der Waals surface area contributed by atoms with E-state index in [1.165, 1.54) is 5.69 Å². The zero-order valence-corrected chi connectivity index (χ0v) is 13.7. The second-order valence-corrected chi connectivity index (χ2v) is 5.52. The maximum Gasteiger partial charge on any atom is 0.224 e. The molecule has 2 aromatic rings. The predicted octanol–water partition coefficient (Wildman–Crippen LogP) is 2.80. The molecule has 2 heterocycles. The summed E-state index contributed by atoms with van der Waals surface area (Å²) in [6, 6.07) is 10.4. The fourth-order valence-electron chi connectivity index (χ4n) is 2.59. The largest absolute Gasteiger partial charge is 0.378 e. The lowest BCUT2D eigenvalue weighted by molar-refractivity contribution is 0.122. The molecule has 1 aromatic carbocycles. The zero-order valence-electron chi connectivity index (χ0n) is 13.7. The van der Waals surface area contributed by atoms with Crippen molar-refractivity contribution >= 4 is 23.1 Å². The van der Waals surface area contributed by atoms with Gasteiger partial charge in [0.1, 0.15) is 5.82 Å². The third-order valence-electron chi connectivity index (χ3n) is 3.71. The number of morpholine rings is 1. The van der Waals surface area contributed by atoms with Crippen LogP contribution in [0.15, 0.2) is 30.3 Å². The average molecular weight is 313 g/mol. The van der Waals surface area contributed by atoms with Gasteiger partial charge in [0.05, 0.1) is 13.2 Å².